The minimum Gasteiger partial charge on any atom is -0.344 e. The number of fused-ring (bicyclic) bond motifs is 4. The molecule has 4 heteroatoms. The number of hydrogen-bond acceptors (Lipinski definition) is 4. The SMILES string of the molecule is CCCCCCCCC1(CCCCCCCC)c2cc(-c3ccc4ccccc4c3)ccc2-c2ccc(-c3ccc(C4N=C(C(C)(C)C)N=C(c5cccc(-c6cccc(CCCCCCc7ccccc7)c6)c5)N4)cn3)cc21. The minimum absolute atomic E-state index is 0.0638. The first-order chi connectivity index (χ1) is 38.7. The van der Waals surface area contributed by atoms with E-state index < -0.39 is 0 Å². The lowest BCUT2D eigenvalue weighted by molar-refractivity contribution is 0.398. The smallest absolute Gasteiger partial charge is 0.149 e. The van der Waals surface area contributed by atoms with Crippen molar-refractivity contribution < 1.29 is 0 Å². The van der Waals surface area contributed by atoms with Crippen molar-refractivity contribution in [2.24, 2.45) is 15.4 Å². The summed E-state index contributed by atoms with van der Waals surface area (Å²) in [6.45, 7) is 11.3. The van der Waals surface area contributed by atoms with Crippen LogP contribution in [0.15, 0.2) is 186 Å². The molecular weight excluding hydrogens is 957 g/mol. The second kappa shape index (κ2) is 26.4. The van der Waals surface area contributed by atoms with E-state index in [-0.39, 0.29) is 17.0 Å². The van der Waals surface area contributed by atoms with Gasteiger partial charge in [-0.1, -0.05) is 264 Å². The van der Waals surface area contributed by atoms with Gasteiger partial charge in [-0.2, -0.15) is 0 Å². The second-order valence-electron chi connectivity index (χ2n) is 24.1. The highest BCUT2D eigenvalue weighted by Gasteiger charge is 2.43. The van der Waals surface area contributed by atoms with Crippen LogP contribution in [0.2, 0.25) is 0 Å². The van der Waals surface area contributed by atoms with E-state index in [0.717, 1.165) is 34.9 Å². The fourth-order valence-corrected chi connectivity index (χ4v) is 12.5. The summed E-state index contributed by atoms with van der Waals surface area (Å²) in [5.41, 5.74) is 17.7. The number of hydrogen-bond donors (Lipinski definition) is 1. The van der Waals surface area contributed by atoms with Crippen LogP contribution in [0.3, 0.4) is 0 Å². The van der Waals surface area contributed by atoms with Gasteiger partial charge in [0.15, 0.2) is 0 Å². The highest BCUT2D eigenvalue weighted by Crippen LogP contribution is 2.56. The molecular formula is C75H86N4. The van der Waals surface area contributed by atoms with Gasteiger partial charge in [0, 0.05) is 33.7 Å². The zero-order valence-electron chi connectivity index (χ0n) is 48.3. The van der Waals surface area contributed by atoms with E-state index in [1.807, 2.05) is 6.20 Å². The van der Waals surface area contributed by atoms with E-state index in [4.69, 9.17) is 15.0 Å². The van der Waals surface area contributed by atoms with Crippen LogP contribution in [0, 0.1) is 5.41 Å². The lowest BCUT2D eigenvalue weighted by Gasteiger charge is -2.33. The Labute approximate surface area is 474 Å². The molecule has 8 aromatic rings. The van der Waals surface area contributed by atoms with E-state index in [0.29, 0.717) is 0 Å². The summed E-state index contributed by atoms with van der Waals surface area (Å²) in [5, 5.41) is 6.35. The van der Waals surface area contributed by atoms with Crippen molar-refractivity contribution in [3.8, 4) is 44.6 Å². The molecule has 406 valence electrons. The van der Waals surface area contributed by atoms with Crippen LogP contribution in [-0.2, 0) is 18.3 Å². The first-order valence-electron chi connectivity index (χ1n) is 30.6. The Bertz CT molecular complexity index is 3320. The zero-order valence-corrected chi connectivity index (χ0v) is 48.3. The normalized spacial score (nSPS) is 14.6. The van der Waals surface area contributed by atoms with Crippen LogP contribution >= 0.6 is 0 Å². The fraction of sp³-hybridized carbons (Fsp3) is 0.373. The quantitative estimate of drug-likeness (QED) is 0.0550. The number of rotatable bonds is 26. The van der Waals surface area contributed by atoms with Crippen LogP contribution in [0.4, 0.5) is 0 Å². The molecule has 0 spiro atoms. The fourth-order valence-electron chi connectivity index (χ4n) is 12.5. The zero-order chi connectivity index (χ0) is 54.4. The van der Waals surface area contributed by atoms with E-state index in [1.54, 1.807) is 0 Å². The maximum absolute atomic E-state index is 5.28. The lowest BCUT2D eigenvalue weighted by Crippen LogP contribution is -2.36. The average Bonchev–Trinajstić information content (AvgIpc) is 4.04. The largest absolute Gasteiger partial charge is 0.344 e. The molecule has 1 aliphatic carbocycles. The molecule has 4 nitrogen and oxygen atoms in total. The van der Waals surface area contributed by atoms with Crippen LogP contribution in [0.5, 0.6) is 0 Å². The molecule has 2 heterocycles. The van der Waals surface area contributed by atoms with Gasteiger partial charge in [0.05, 0.1) is 5.69 Å². The third-order valence-electron chi connectivity index (χ3n) is 17.1. The van der Waals surface area contributed by atoms with Gasteiger partial charge in [-0.15, -0.1) is 0 Å². The number of unbranched alkanes of at least 4 members (excludes halogenated alkanes) is 13. The predicted molar refractivity (Wildman–Crippen MR) is 338 cm³/mol. The van der Waals surface area contributed by atoms with Crippen LogP contribution in [0.25, 0.3) is 55.4 Å². The van der Waals surface area contributed by atoms with Crippen molar-refractivity contribution in [1.82, 2.24) is 10.3 Å². The molecule has 1 N–H and O–H groups in total. The Morgan fingerprint density at radius 3 is 1.67 bits per heavy atom. The van der Waals surface area contributed by atoms with Crippen molar-refractivity contribution in [2.45, 2.75) is 175 Å². The monoisotopic (exact) mass is 1040 g/mol. The minimum atomic E-state index is -0.323. The first kappa shape index (κ1) is 55.4. The first-order valence-corrected chi connectivity index (χ1v) is 30.6. The van der Waals surface area contributed by atoms with Crippen molar-refractivity contribution in [1.29, 1.82) is 0 Å². The summed E-state index contributed by atoms with van der Waals surface area (Å²) in [6, 6.07) is 63.8. The van der Waals surface area contributed by atoms with E-state index in [1.165, 1.54) is 194 Å². The van der Waals surface area contributed by atoms with Gasteiger partial charge in [-0.25, -0.2) is 9.98 Å². The predicted octanol–water partition coefficient (Wildman–Crippen LogP) is 20.8. The van der Waals surface area contributed by atoms with E-state index in [9.17, 15) is 0 Å². The standard InChI is InChI=1S/C75H86N4/c1-6-8-10-12-16-25-47-75(48-26-17-13-11-9-7-2)68-52-62(61-40-39-57-34-23-24-35-59(57)50-61)41-44-66(68)67-45-42-63(53-69(67)75)70-46-43-65(54-76-70)72-77-71(78-73(79-72)74(3,4)5)64-38-28-37-60(51-64)58-36-27-33-56(49-58)32-20-15-14-19-29-55-30-21-18-22-31-55/h18,21-24,27-28,30-31,33-46,49-54,72H,6-17,19-20,25-26,29,32,47-48H2,1-5H3,(H,77,78,79). The Hall–Kier alpha value is -6.91. The lowest BCUT2D eigenvalue weighted by atomic mass is 9.70. The summed E-state index contributed by atoms with van der Waals surface area (Å²) in [7, 11) is 0. The summed E-state index contributed by atoms with van der Waals surface area (Å²) in [5.74, 6) is 1.68. The van der Waals surface area contributed by atoms with Gasteiger partial charge in [-0.3, -0.25) is 4.98 Å². The van der Waals surface area contributed by atoms with Gasteiger partial charge >= 0.3 is 0 Å². The van der Waals surface area contributed by atoms with Crippen molar-refractivity contribution >= 4 is 22.4 Å². The molecule has 0 radical (unpaired) electrons. The number of nitrogens with one attached hydrogen (secondary N) is 1. The topological polar surface area (TPSA) is 49.6 Å². The molecule has 2 aliphatic rings. The van der Waals surface area contributed by atoms with Crippen molar-refractivity contribution in [3.63, 3.8) is 0 Å². The number of benzene rings is 7. The molecule has 0 fully saturated rings. The summed E-state index contributed by atoms with van der Waals surface area (Å²) >= 11 is 0. The Morgan fingerprint density at radius 1 is 0.443 bits per heavy atom. The number of amidine groups is 2. The summed E-state index contributed by atoms with van der Waals surface area (Å²) in [6.07, 6.45) is 26.9. The van der Waals surface area contributed by atoms with E-state index in [2.05, 4.69) is 210 Å². The molecule has 0 saturated heterocycles. The van der Waals surface area contributed by atoms with Gasteiger partial charge in [-0.05, 0) is 135 Å². The van der Waals surface area contributed by atoms with Gasteiger partial charge in [0.25, 0.3) is 0 Å². The summed E-state index contributed by atoms with van der Waals surface area (Å²) in [4.78, 5) is 15.8. The molecule has 7 aromatic carbocycles. The molecule has 0 saturated carbocycles. The van der Waals surface area contributed by atoms with Crippen LogP contribution in [0.1, 0.15) is 190 Å². The van der Waals surface area contributed by atoms with Gasteiger partial charge < -0.3 is 5.32 Å². The molecule has 0 amide bonds. The number of nitrogens with zero attached hydrogens (tertiary/aromatic N) is 3. The third kappa shape index (κ3) is 13.6. The molecule has 1 aliphatic heterocycles. The molecule has 79 heavy (non-hydrogen) atoms. The van der Waals surface area contributed by atoms with Gasteiger partial charge in [0.1, 0.15) is 17.8 Å². The number of aromatic nitrogens is 1. The second-order valence-corrected chi connectivity index (χ2v) is 24.1. The molecule has 10 rings (SSSR count). The Balaban J connectivity index is 0.901. The van der Waals surface area contributed by atoms with Gasteiger partial charge in [0.2, 0.25) is 0 Å². The third-order valence-corrected chi connectivity index (χ3v) is 17.1. The maximum atomic E-state index is 5.28. The average molecular weight is 1040 g/mol. The highest BCUT2D eigenvalue weighted by atomic mass is 15.2. The number of aryl methyl sites for hydroxylation is 2. The van der Waals surface area contributed by atoms with Crippen LogP contribution in [-0.4, -0.2) is 16.7 Å². The van der Waals surface area contributed by atoms with E-state index >= 15 is 0 Å². The van der Waals surface area contributed by atoms with Crippen molar-refractivity contribution in [3.05, 3.63) is 209 Å². The van der Waals surface area contributed by atoms with Crippen LogP contribution < -0.4 is 5.32 Å². The maximum Gasteiger partial charge on any atom is 0.149 e. The van der Waals surface area contributed by atoms with Crippen molar-refractivity contribution in [2.75, 3.05) is 0 Å². The Morgan fingerprint density at radius 2 is 0.987 bits per heavy atom. The highest BCUT2D eigenvalue weighted by molar-refractivity contribution is 6.09. The molecule has 1 atom stereocenters. The molecule has 0 bridgehead atoms. The molecule has 1 aromatic heterocycles. The number of pyridine rings is 1. The summed E-state index contributed by atoms with van der Waals surface area (Å²) < 4.78 is 0. The molecule has 1 unspecified atom stereocenters. The number of aliphatic imine (C=N–C) groups is 2. The Kier molecular flexibility index (Phi) is 18.5.